The van der Waals surface area contributed by atoms with Gasteiger partial charge in [0.25, 0.3) is 0 Å². The molecule has 1 aromatic carbocycles. The highest BCUT2D eigenvalue weighted by Crippen LogP contribution is 2.35. The summed E-state index contributed by atoms with van der Waals surface area (Å²) in [6.07, 6.45) is 2.45. The molecule has 0 aliphatic rings. The molecular formula is C15H22O3. The second-order valence-corrected chi connectivity index (χ2v) is 4.45. The minimum Gasteiger partial charge on any atom is -0.497 e. The molecule has 0 aliphatic carbocycles. The van der Waals surface area contributed by atoms with Crippen LogP contribution < -0.4 is 9.47 Å². The van der Waals surface area contributed by atoms with Gasteiger partial charge >= 0.3 is 0 Å². The summed E-state index contributed by atoms with van der Waals surface area (Å²) >= 11 is 0. The van der Waals surface area contributed by atoms with E-state index in [-0.39, 0.29) is 5.78 Å². The van der Waals surface area contributed by atoms with E-state index < -0.39 is 0 Å². The number of carbonyl (C=O) groups excluding carboxylic acids is 1. The fourth-order valence-electron chi connectivity index (χ4n) is 2.12. The van der Waals surface area contributed by atoms with E-state index in [9.17, 15) is 4.79 Å². The van der Waals surface area contributed by atoms with Gasteiger partial charge in [0.1, 0.15) is 17.3 Å². The number of rotatable bonds is 7. The normalized spacial score (nSPS) is 12.0. The molecule has 0 heterocycles. The van der Waals surface area contributed by atoms with Crippen molar-refractivity contribution in [3.05, 3.63) is 23.8 Å². The molecule has 1 rings (SSSR count). The fourth-order valence-corrected chi connectivity index (χ4v) is 2.12. The first-order valence-corrected chi connectivity index (χ1v) is 6.33. The Morgan fingerprint density at radius 3 is 2.50 bits per heavy atom. The first kappa shape index (κ1) is 14.6. The summed E-state index contributed by atoms with van der Waals surface area (Å²) in [5, 5.41) is 0. The van der Waals surface area contributed by atoms with Crippen LogP contribution in [0.2, 0.25) is 0 Å². The van der Waals surface area contributed by atoms with Crippen LogP contribution in [0.25, 0.3) is 0 Å². The summed E-state index contributed by atoms with van der Waals surface area (Å²) in [4.78, 5) is 11.1. The van der Waals surface area contributed by atoms with Gasteiger partial charge in [0.15, 0.2) is 0 Å². The lowest BCUT2D eigenvalue weighted by atomic mass is 9.90. The molecule has 0 saturated heterocycles. The van der Waals surface area contributed by atoms with Crippen LogP contribution in [-0.2, 0) is 4.79 Å². The van der Waals surface area contributed by atoms with Crippen molar-refractivity contribution in [1.29, 1.82) is 0 Å². The average molecular weight is 250 g/mol. The van der Waals surface area contributed by atoms with Crippen LogP contribution in [0.1, 0.15) is 44.6 Å². The Hall–Kier alpha value is -1.51. The highest BCUT2D eigenvalue weighted by atomic mass is 16.5. The lowest BCUT2D eigenvalue weighted by molar-refractivity contribution is -0.117. The van der Waals surface area contributed by atoms with Crippen LogP contribution in [0.15, 0.2) is 18.2 Å². The molecule has 0 amide bonds. The van der Waals surface area contributed by atoms with Gasteiger partial charge < -0.3 is 14.3 Å². The van der Waals surface area contributed by atoms with Crippen LogP contribution >= 0.6 is 0 Å². The molecule has 3 nitrogen and oxygen atoms in total. The van der Waals surface area contributed by atoms with E-state index in [1.54, 1.807) is 21.1 Å². The zero-order valence-corrected chi connectivity index (χ0v) is 11.7. The topological polar surface area (TPSA) is 35.5 Å². The Bertz CT molecular complexity index is 399. The second-order valence-electron chi connectivity index (χ2n) is 4.45. The molecule has 0 saturated carbocycles. The zero-order chi connectivity index (χ0) is 13.5. The molecule has 1 atom stereocenters. The van der Waals surface area contributed by atoms with E-state index in [1.807, 2.05) is 18.2 Å². The van der Waals surface area contributed by atoms with Crippen molar-refractivity contribution in [2.24, 2.45) is 0 Å². The van der Waals surface area contributed by atoms with Crippen LogP contribution in [0, 0.1) is 0 Å². The third kappa shape index (κ3) is 3.76. The van der Waals surface area contributed by atoms with Crippen LogP contribution in [0.3, 0.4) is 0 Å². The predicted octanol–water partition coefficient (Wildman–Crippen LogP) is 3.57. The fraction of sp³-hybridized carbons (Fsp3) is 0.533. The van der Waals surface area contributed by atoms with E-state index >= 15 is 0 Å². The van der Waals surface area contributed by atoms with E-state index in [0.717, 1.165) is 29.9 Å². The highest BCUT2D eigenvalue weighted by molar-refractivity contribution is 5.75. The van der Waals surface area contributed by atoms with E-state index in [1.165, 1.54) is 0 Å². The smallest absolute Gasteiger partial charge is 0.129 e. The molecule has 1 unspecified atom stereocenters. The maximum atomic E-state index is 11.1. The Morgan fingerprint density at radius 2 is 2.00 bits per heavy atom. The molecular weight excluding hydrogens is 228 g/mol. The molecule has 0 N–H and O–H groups in total. The van der Waals surface area contributed by atoms with Crippen molar-refractivity contribution in [2.45, 2.75) is 39.0 Å². The van der Waals surface area contributed by atoms with Gasteiger partial charge in [0, 0.05) is 12.0 Å². The lowest BCUT2D eigenvalue weighted by Gasteiger charge is -2.18. The summed E-state index contributed by atoms with van der Waals surface area (Å²) in [6, 6.07) is 5.82. The predicted molar refractivity (Wildman–Crippen MR) is 72.5 cm³/mol. The molecule has 1 aromatic rings. The van der Waals surface area contributed by atoms with Crippen LogP contribution in [0.4, 0.5) is 0 Å². The number of hydrogen-bond donors (Lipinski definition) is 0. The number of Topliss-reactive ketones (excluding diaryl/α,β-unsaturated/α-hetero) is 1. The molecule has 18 heavy (non-hydrogen) atoms. The van der Waals surface area contributed by atoms with E-state index in [2.05, 4.69) is 6.92 Å². The van der Waals surface area contributed by atoms with Gasteiger partial charge in [-0.05, 0) is 43.9 Å². The summed E-state index contributed by atoms with van der Waals surface area (Å²) in [6.45, 7) is 3.76. The molecule has 0 fully saturated rings. The Balaban J connectivity index is 2.97. The summed E-state index contributed by atoms with van der Waals surface area (Å²) in [5.74, 6) is 2.26. The average Bonchev–Trinajstić information content (AvgIpc) is 2.38. The van der Waals surface area contributed by atoms with Crippen LogP contribution in [0.5, 0.6) is 11.5 Å². The molecule has 0 spiro atoms. The maximum absolute atomic E-state index is 11.1. The first-order valence-electron chi connectivity index (χ1n) is 6.33. The van der Waals surface area contributed by atoms with Crippen LogP contribution in [-0.4, -0.2) is 20.0 Å². The number of hydrogen-bond acceptors (Lipinski definition) is 3. The van der Waals surface area contributed by atoms with Crippen molar-refractivity contribution >= 4 is 5.78 Å². The number of benzene rings is 1. The van der Waals surface area contributed by atoms with Crippen molar-refractivity contribution in [2.75, 3.05) is 14.2 Å². The molecule has 3 heteroatoms. The SMILES string of the molecule is CCC(CCC(C)=O)c1cc(OC)ccc1OC. The van der Waals surface area contributed by atoms with Gasteiger partial charge in [0.2, 0.25) is 0 Å². The van der Waals surface area contributed by atoms with Gasteiger partial charge in [-0.2, -0.15) is 0 Å². The zero-order valence-electron chi connectivity index (χ0n) is 11.7. The number of ketones is 1. The third-order valence-corrected chi connectivity index (χ3v) is 3.21. The largest absolute Gasteiger partial charge is 0.497 e. The minimum absolute atomic E-state index is 0.232. The number of carbonyl (C=O) groups is 1. The van der Waals surface area contributed by atoms with Crippen molar-refractivity contribution in [1.82, 2.24) is 0 Å². The molecule has 0 radical (unpaired) electrons. The summed E-state index contributed by atoms with van der Waals surface area (Å²) in [7, 11) is 3.32. The van der Waals surface area contributed by atoms with Crippen molar-refractivity contribution in [3.8, 4) is 11.5 Å². The van der Waals surface area contributed by atoms with E-state index in [0.29, 0.717) is 12.3 Å². The van der Waals surface area contributed by atoms with Gasteiger partial charge in [-0.15, -0.1) is 0 Å². The summed E-state index contributed by atoms with van der Waals surface area (Å²) < 4.78 is 10.6. The molecule has 0 bridgehead atoms. The third-order valence-electron chi connectivity index (χ3n) is 3.21. The number of methoxy groups -OCH3 is 2. The standard InChI is InChI=1S/C15H22O3/c1-5-12(7-6-11(2)16)14-10-13(17-3)8-9-15(14)18-4/h8-10,12H,5-7H2,1-4H3. The quantitative estimate of drug-likeness (QED) is 0.742. The van der Waals surface area contributed by atoms with Gasteiger partial charge in [0.05, 0.1) is 14.2 Å². The number of ether oxygens (including phenoxy) is 2. The molecule has 100 valence electrons. The van der Waals surface area contributed by atoms with Crippen molar-refractivity contribution < 1.29 is 14.3 Å². The summed E-state index contributed by atoms with van der Waals surface area (Å²) in [5.41, 5.74) is 1.13. The Labute approximate surface area is 109 Å². The molecule has 0 aromatic heterocycles. The maximum Gasteiger partial charge on any atom is 0.129 e. The second kappa shape index (κ2) is 7.04. The van der Waals surface area contributed by atoms with Gasteiger partial charge in [-0.1, -0.05) is 6.92 Å². The van der Waals surface area contributed by atoms with Gasteiger partial charge in [-0.3, -0.25) is 0 Å². The first-order chi connectivity index (χ1) is 8.62. The Morgan fingerprint density at radius 1 is 1.28 bits per heavy atom. The lowest BCUT2D eigenvalue weighted by Crippen LogP contribution is -2.03. The van der Waals surface area contributed by atoms with Crippen molar-refractivity contribution in [3.63, 3.8) is 0 Å². The monoisotopic (exact) mass is 250 g/mol. The minimum atomic E-state index is 0.232. The van der Waals surface area contributed by atoms with Gasteiger partial charge in [-0.25, -0.2) is 0 Å². The Kier molecular flexibility index (Phi) is 5.69. The van der Waals surface area contributed by atoms with E-state index in [4.69, 9.17) is 9.47 Å². The molecule has 0 aliphatic heterocycles. The highest BCUT2D eigenvalue weighted by Gasteiger charge is 2.16.